The van der Waals surface area contributed by atoms with E-state index in [4.69, 9.17) is 0 Å². The van der Waals surface area contributed by atoms with Crippen LogP contribution in [0.1, 0.15) is 48.0 Å². The number of rotatable bonds is 4. The van der Waals surface area contributed by atoms with Crippen molar-refractivity contribution >= 4 is 16.8 Å². The van der Waals surface area contributed by atoms with Crippen LogP contribution >= 0.6 is 0 Å². The summed E-state index contributed by atoms with van der Waals surface area (Å²) >= 11 is 0. The minimum atomic E-state index is -0.350. The highest BCUT2D eigenvalue weighted by atomic mass is 19.1. The van der Waals surface area contributed by atoms with E-state index in [-0.39, 0.29) is 23.6 Å². The highest BCUT2D eigenvalue weighted by Crippen LogP contribution is 2.25. The van der Waals surface area contributed by atoms with Crippen molar-refractivity contribution in [3.05, 3.63) is 71.4 Å². The average Bonchev–Trinajstić information content (AvgIpc) is 3.09. The van der Waals surface area contributed by atoms with E-state index < -0.39 is 0 Å². The predicted molar refractivity (Wildman–Crippen MR) is 102 cm³/mol. The lowest BCUT2D eigenvalue weighted by Gasteiger charge is -2.23. The predicted octanol–water partition coefficient (Wildman–Crippen LogP) is 5.03. The number of benzene rings is 2. The van der Waals surface area contributed by atoms with E-state index in [1.54, 1.807) is 30.5 Å². The van der Waals surface area contributed by atoms with Gasteiger partial charge in [0.2, 0.25) is 0 Å². The molecule has 1 saturated carbocycles. The van der Waals surface area contributed by atoms with Crippen molar-refractivity contribution in [1.29, 1.82) is 0 Å². The minimum absolute atomic E-state index is 0.161. The Balaban J connectivity index is 1.67. The van der Waals surface area contributed by atoms with Crippen molar-refractivity contribution in [2.24, 2.45) is 0 Å². The Morgan fingerprint density at radius 2 is 1.74 bits per heavy atom. The summed E-state index contributed by atoms with van der Waals surface area (Å²) < 4.78 is 29.3. The van der Waals surface area contributed by atoms with Gasteiger partial charge in [0.25, 0.3) is 5.91 Å². The van der Waals surface area contributed by atoms with Gasteiger partial charge in [-0.2, -0.15) is 0 Å². The van der Waals surface area contributed by atoms with Crippen LogP contribution in [0.2, 0.25) is 0 Å². The molecule has 0 spiro atoms. The van der Waals surface area contributed by atoms with Crippen molar-refractivity contribution in [3.63, 3.8) is 0 Å². The van der Waals surface area contributed by atoms with Crippen molar-refractivity contribution in [3.8, 4) is 0 Å². The molecule has 1 N–H and O–H groups in total. The van der Waals surface area contributed by atoms with Gasteiger partial charge in [0.15, 0.2) is 0 Å². The molecule has 1 fully saturated rings. The first-order valence-corrected chi connectivity index (χ1v) is 9.44. The number of fused-ring (bicyclic) bond motifs is 1. The van der Waals surface area contributed by atoms with E-state index in [1.807, 2.05) is 4.57 Å². The van der Waals surface area contributed by atoms with Crippen LogP contribution in [0.4, 0.5) is 8.78 Å². The van der Waals surface area contributed by atoms with Gasteiger partial charge in [0.05, 0.1) is 11.1 Å². The molecular formula is C22H22F2N2O. The summed E-state index contributed by atoms with van der Waals surface area (Å²) in [6, 6.07) is 11.0. The van der Waals surface area contributed by atoms with Gasteiger partial charge in [-0.25, -0.2) is 8.78 Å². The van der Waals surface area contributed by atoms with Gasteiger partial charge < -0.3 is 9.88 Å². The van der Waals surface area contributed by atoms with Crippen LogP contribution < -0.4 is 5.32 Å². The second-order valence-corrected chi connectivity index (χ2v) is 7.24. The number of amides is 1. The van der Waals surface area contributed by atoms with E-state index in [2.05, 4.69) is 5.32 Å². The molecule has 1 aromatic heterocycles. The van der Waals surface area contributed by atoms with Gasteiger partial charge in [0.1, 0.15) is 11.6 Å². The fraction of sp³-hybridized carbons (Fsp3) is 0.318. The third kappa shape index (κ3) is 3.72. The Bertz CT molecular complexity index is 956. The Kier molecular flexibility index (Phi) is 4.92. The average molecular weight is 368 g/mol. The molecule has 1 amide bonds. The minimum Gasteiger partial charge on any atom is -0.349 e. The molecule has 1 aliphatic rings. The van der Waals surface area contributed by atoms with Crippen LogP contribution in [-0.4, -0.2) is 16.5 Å². The lowest BCUT2D eigenvalue weighted by atomic mass is 9.95. The van der Waals surface area contributed by atoms with Gasteiger partial charge in [-0.05, 0) is 48.7 Å². The van der Waals surface area contributed by atoms with Crippen LogP contribution in [-0.2, 0) is 6.54 Å². The quantitative estimate of drug-likeness (QED) is 0.688. The fourth-order valence-electron chi connectivity index (χ4n) is 3.90. The molecule has 0 bridgehead atoms. The molecule has 0 unspecified atom stereocenters. The zero-order valence-corrected chi connectivity index (χ0v) is 15.1. The van der Waals surface area contributed by atoms with E-state index in [0.717, 1.165) is 31.2 Å². The Morgan fingerprint density at radius 3 is 2.48 bits per heavy atom. The molecule has 2 aromatic carbocycles. The molecule has 0 atom stereocenters. The number of nitrogens with one attached hydrogen (secondary N) is 1. The molecule has 1 heterocycles. The summed E-state index contributed by atoms with van der Waals surface area (Å²) in [5.41, 5.74) is 1.94. The van der Waals surface area contributed by atoms with Gasteiger partial charge in [-0.1, -0.05) is 31.4 Å². The first-order chi connectivity index (χ1) is 13.1. The third-order valence-electron chi connectivity index (χ3n) is 5.32. The highest BCUT2D eigenvalue weighted by molar-refractivity contribution is 6.06. The summed E-state index contributed by atoms with van der Waals surface area (Å²) in [7, 11) is 0. The van der Waals surface area contributed by atoms with Crippen molar-refractivity contribution in [2.45, 2.75) is 44.7 Å². The Morgan fingerprint density at radius 1 is 1.00 bits per heavy atom. The maximum atomic E-state index is 14.3. The normalized spacial score (nSPS) is 15.2. The smallest absolute Gasteiger partial charge is 0.253 e. The van der Waals surface area contributed by atoms with E-state index in [9.17, 15) is 13.6 Å². The number of halogens is 2. The summed E-state index contributed by atoms with van der Waals surface area (Å²) in [5, 5.41) is 3.54. The second kappa shape index (κ2) is 7.51. The van der Waals surface area contributed by atoms with Crippen molar-refractivity contribution in [1.82, 2.24) is 9.88 Å². The molecule has 3 aromatic rings. The number of hydrogen-bond donors (Lipinski definition) is 1. The largest absolute Gasteiger partial charge is 0.349 e. The molecule has 4 rings (SSSR count). The third-order valence-corrected chi connectivity index (χ3v) is 5.32. The molecule has 0 aliphatic heterocycles. The summed E-state index contributed by atoms with van der Waals surface area (Å²) in [6.07, 6.45) is 7.23. The number of aromatic nitrogens is 1. The standard InChI is InChI=1S/C22H22F2N2O/c23-16-8-6-15(7-9-16)14-26-13-12-18-20(24)11-10-19(21(18)26)22(27)25-17-4-2-1-3-5-17/h6-13,17H,1-5,14H2,(H,25,27). The molecular weight excluding hydrogens is 346 g/mol. The zero-order valence-electron chi connectivity index (χ0n) is 15.1. The molecule has 3 nitrogen and oxygen atoms in total. The van der Waals surface area contributed by atoms with Gasteiger partial charge in [-0.3, -0.25) is 4.79 Å². The first kappa shape index (κ1) is 17.7. The topological polar surface area (TPSA) is 34.0 Å². The highest BCUT2D eigenvalue weighted by Gasteiger charge is 2.20. The first-order valence-electron chi connectivity index (χ1n) is 9.44. The van der Waals surface area contributed by atoms with Crippen LogP contribution in [0, 0.1) is 11.6 Å². The number of hydrogen-bond acceptors (Lipinski definition) is 1. The van der Waals surface area contributed by atoms with Crippen LogP contribution in [0.5, 0.6) is 0 Å². The maximum Gasteiger partial charge on any atom is 0.253 e. The van der Waals surface area contributed by atoms with Crippen LogP contribution in [0.25, 0.3) is 10.9 Å². The summed E-state index contributed by atoms with van der Waals surface area (Å²) in [5.74, 6) is -0.808. The summed E-state index contributed by atoms with van der Waals surface area (Å²) in [6.45, 7) is 0.441. The Labute approximate surface area is 157 Å². The molecule has 140 valence electrons. The SMILES string of the molecule is O=C(NC1CCCCC1)c1ccc(F)c2ccn(Cc3ccc(F)cc3)c12. The lowest BCUT2D eigenvalue weighted by Crippen LogP contribution is -2.36. The van der Waals surface area contributed by atoms with Crippen LogP contribution in [0.15, 0.2) is 48.7 Å². The number of nitrogens with zero attached hydrogens (tertiary/aromatic N) is 1. The molecule has 0 saturated heterocycles. The van der Waals surface area contributed by atoms with E-state index in [1.165, 1.54) is 24.6 Å². The molecule has 27 heavy (non-hydrogen) atoms. The molecule has 1 aliphatic carbocycles. The molecule has 5 heteroatoms. The van der Waals surface area contributed by atoms with Crippen molar-refractivity contribution < 1.29 is 13.6 Å². The maximum absolute atomic E-state index is 14.3. The van der Waals surface area contributed by atoms with Crippen LogP contribution in [0.3, 0.4) is 0 Å². The van der Waals surface area contributed by atoms with E-state index >= 15 is 0 Å². The zero-order chi connectivity index (χ0) is 18.8. The van der Waals surface area contributed by atoms with Crippen molar-refractivity contribution in [2.75, 3.05) is 0 Å². The fourth-order valence-corrected chi connectivity index (χ4v) is 3.90. The molecule has 0 radical (unpaired) electrons. The Hall–Kier alpha value is -2.69. The van der Waals surface area contributed by atoms with Gasteiger partial charge in [0, 0.05) is 24.2 Å². The van der Waals surface area contributed by atoms with Gasteiger partial charge >= 0.3 is 0 Å². The monoisotopic (exact) mass is 368 g/mol. The summed E-state index contributed by atoms with van der Waals surface area (Å²) in [4.78, 5) is 12.9. The van der Waals surface area contributed by atoms with Gasteiger partial charge in [-0.15, -0.1) is 0 Å². The lowest BCUT2D eigenvalue weighted by molar-refractivity contribution is 0.0929. The number of carbonyl (C=O) groups is 1. The van der Waals surface area contributed by atoms with E-state index in [0.29, 0.717) is 23.0 Å². The number of carbonyl (C=O) groups excluding carboxylic acids is 1. The second-order valence-electron chi connectivity index (χ2n) is 7.24.